The maximum Gasteiger partial charge on any atom is 0.226 e. The van der Waals surface area contributed by atoms with Crippen LogP contribution >= 0.6 is 0 Å². The van der Waals surface area contributed by atoms with Gasteiger partial charge in [-0.2, -0.15) is 0 Å². The van der Waals surface area contributed by atoms with Crippen molar-refractivity contribution < 1.29 is 13.9 Å². The van der Waals surface area contributed by atoms with Crippen molar-refractivity contribution in [3.05, 3.63) is 41.8 Å². The molecule has 0 atom stereocenters. The molecule has 0 unspecified atom stereocenters. The van der Waals surface area contributed by atoms with E-state index in [1.165, 1.54) is 5.56 Å². The molecule has 1 aromatic carbocycles. The summed E-state index contributed by atoms with van der Waals surface area (Å²) in [5.74, 6) is 2.14. The lowest BCUT2D eigenvalue weighted by molar-refractivity contribution is 0.0205. The van der Waals surface area contributed by atoms with Crippen LogP contribution in [0.5, 0.6) is 0 Å². The number of aliphatic imine (C=N–C) groups is 1. The van der Waals surface area contributed by atoms with Gasteiger partial charge in [0.25, 0.3) is 0 Å². The molecule has 1 fully saturated rings. The van der Waals surface area contributed by atoms with Crippen molar-refractivity contribution in [3.63, 3.8) is 0 Å². The Morgan fingerprint density at radius 1 is 1.19 bits per heavy atom. The van der Waals surface area contributed by atoms with Gasteiger partial charge in [0.15, 0.2) is 5.96 Å². The Morgan fingerprint density at radius 3 is 2.77 bits per heavy atom. The SMILES string of the molecule is CCNC(=NCCCOCC1CCOCC1)NCCc1coc(-c2ccc(C)cc2)n1. The summed E-state index contributed by atoms with van der Waals surface area (Å²) in [6.07, 6.45) is 5.66. The summed E-state index contributed by atoms with van der Waals surface area (Å²) in [7, 11) is 0. The fraction of sp³-hybridized carbons (Fsp3) is 0.583. The van der Waals surface area contributed by atoms with Crippen molar-refractivity contribution in [1.82, 2.24) is 15.6 Å². The number of nitrogens with one attached hydrogen (secondary N) is 2. The van der Waals surface area contributed by atoms with E-state index in [1.54, 1.807) is 6.26 Å². The van der Waals surface area contributed by atoms with Gasteiger partial charge in [0, 0.05) is 58.0 Å². The van der Waals surface area contributed by atoms with Crippen molar-refractivity contribution in [1.29, 1.82) is 0 Å². The summed E-state index contributed by atoms with van der Waals surface area (Å²) in [6.45, 7) is 9.79. The summed E-state index contributed by atoms with van der Waals surface area (Å²) in [6, 6.07) is 8.20. The molecule has 2 aromatic rings. The third kappa shape index (κ3) is 8.34. The normalized spacial score (nSPS) is 15.2. The van der Waals surface area contributed by atoms with Crippen molar-refractivity contribution in [2.24, 2.45) is 10.9 Å². The van der Waals surface area contributed by atoms with Crippen molar-refractivity contribution >= 4 is 5.96 Å². The van der Waals surface area contributed by atoms with Gasteiger partial charge in [0.2, 0.25) is 5.89 Å². The number of benzene rings is 1. The lowest BCUT2D eigenvalue weighted by Crippen LogP contribution is -2.38. The number of nitrogens with zero attached hydrogens (tertiary/aromatic N) is 2. The Bertz CT molecular complexity index is 782. The van der Waals surface area contributed by atoms with E-state index in [0.717, 1.165) is 89.0 Å². The molecule has 7 nitrogen and oxygen atoms in total. The van der Waals surface area contributed by atoms with E-state index in [0.29, 0.717) is 11.8 Å². The van der Waals surface area contributed by atoms with E-state index < -0.39 is 0 Å². The molecule has 1 aromatic heterocycles. The first-order valence-electron chi connectivity index (χ1n) is 11.4. The molecular weight excluding hydrogens is 392 g/mol. The Kier molecular flexibility index (Phi) is 9.86. The summed E-state index contributed by atoms with van der Waals surface area (Å²) in [5, 5.41) is 6.66. The number of guanidine groups is 1. The molecule has 0 aliphatic carbocycles. The topological polar surface area (TPSA) is 80.9 Å². The second-order valence-electron chi connectivity index (χ2n) is 7.93. The second kappa shape index (κ2) is 13.1. The zero-order chi connectivity index (χ0) is 21.7. The van der Waals surface area contributed by atoms with Gasteiger partial charge in [-0.05, 0) is 51.2 Å². The average Bonchev–Trinajstić information content (AvgIpc) is 3.26. The first kappa shape index (κ1) is 23.3. The molecule has 31 heavy (non-hydrogen) atoms. The number of aromatic nitrogens is 1. The highest BCUT2D eigenvalue weighted by Crippen LogP contribution is 2.19. The van der Waals surface area contributed by atoms with Gasteiger partial charge >= 0.3 is 0 Å². The van der Waals surface area contributed by atoms with Gasteiger partial charge in [0.1, 0.15) is 6.26 Å². The van der Waals surface area contributed by atoms with E-state index >= 15 is 0 Å². The smallest absolute Gasteiger partial charge is 0.226 e. The van der Waals surface area contributed by atoms with Crippen LogP contribution in [-0.4, -0.2) is 57.0 Å². The molecule has 0 radical (unpaired) electrons. The number of ether oxygens (including phenoxy) is 2. The molecule has 3 rings (SSSR count). The number of oxazole rings is 1. The average molecular weight is 429 g/mol. The largest absolute Gasteiger partial charge is 0.444 e. The number of hydrogen-bond donors (Lipinski definition) is 2. The van der Waals surface area contributed by atoms with Gasteiger partial charge in [-0.1, -0.05) is 17.7 Å². The summed E-state index contributed by atoms with van der Waals surface area (Å²) >= 11 is 0. The van der Waals surface area contributed by atoms with Crippen molar-refractivity contribution in [2.75, 3.05) is 46.1 Å². The van der Waals surface area contributed by atoms with E-state index in [2.05, 4.69) is 46.6 Å². The summed E-state index contributed by atoms with van der Waals surface area (Å²) in [5.41, 5.74) is 3.15. The van der Waals surface area contributed by atoms with E-state index in [9.17, 15) is 0 Å². The van der Waals surface area contributed by atoms with Crippen molar-refractivity contribution in [3.8, 4) is 11.5 Å². The maximum absolute atomic E-state index is 5.81. The Hall–Kier alpha value is -2.38. The predicted molar refractivity (Wildman–Crippen MR) is 123 cm³/mol. The van der Waals surface area contributed by atoms with Gasteiger partial charge in [-0.3, -0.25) is 4.99 Å². The number of rotatable bonds is 11. The minimum Gasteiger partial charge on any atom is -0.444 e. The van der Waals surface area contributed by atoms with Crippen LogP contribution in [0.15, 0.2) is 39.9 Å². The molecular formula is C24H36N4O3. The molecule has 170 valence electrons. The standard InChI is InChI=1S/C24H36N4O3/c1-3-25-24(26-12-4-14-30-17-20-10-15-29-16-11-20)27-13-9-22-18-31-23(28-22)21-7-5-19(2)6-8-21/h5-8,18,20H,3-4,9-17H2,1-2H3,(H2,25,26,27). The van der Waals surface area contributed by atoms with Gasteiger partial charge < -0.3 is 24.5 Å². The highest BCUT2D eigenvalue weighted by atomic mass is 16.5. The van der Waals surface area contributed by atoms with Crippen LogP contribution in [0.3, 0.4) is 0 Å². The van der Waals surface area contributed by atoms with Crippen LogP contribution in [0.25, 0.3) is 11.5 Å². The third-order valence-corrected chi connectivity index (χ3v) is 5.28. The highest BCUT2D eigenvalue weighted by molar-refractivity contribution is 5.79. The molecule has 1 aliphatic rings. The van der Waals surface area contributed by atoms with Gasteiger partial charge in [-0.25, -0.2) is 4.98 Å². The monoisotopic (exact) mass is 428 g/mol. The van der Waals surface area contributed by atoms with Crippen LogP contribution < -0.4 is 10.6 Å². The van der Waals surface area contributed by atoms with Crippen LogP contribution in [0.1, 0.15) is 37.4 Å². The van der Waals surface area contributed by atoms with Crippen LogP contribution in [0.2, 0.25) is 0 Å². The minimum absolute atomic E-state index is 0.652. The molecule has 0 saturated carbocycles. The predicted octanol–water partition coefficient (Wildman–Crippen LogP) is 3.58. The molecule has 1 aliphatic heterocycles. The fourth-order valence-corrected chi connectivity index (χ4v) is 3.42. The Balaban J connectivity index is 1.34. The van der Waals surface area contributed by atoms with Crippen molar-refractivity contribution in [2.45, 2.75) is 39.5 Å². The van der Waals surface area contributed by atoms with Crippen LogP contribution in [0, 0.1) is 12.8 Å². The van der Waals surface area contributed by atoms with Crippen LogP contribution in [0.4, 0.5) is 0 Å². The minimum atomic E-state index is 0.652. The van der Waals surface area contributed by atoms with E-state index in [4.69, 9.17) is 13.9 Å². The third-order valence-electron chi connectivity index (χ3n) is 5.28. The Labute approximate surface area is 185 Å². The Morgan fingerprint density at radius 2 is 2.00 bits per heavy atom. The lowest BCUT2D eigenvalue weighted by atomic mass is 10.0. The molecule has 1 saturated heterocycles. The fourth-order valence-electron chi connectivity index (χ4n) is 3.42. The second-order valence-corrected chi connectivity index (χ2v) is 7.93. The molecule has 2 N–H and O–H groups in total. The van der Waals surface area contributed by atoms with Gasteiger partial charge in [0.05, 0.1) is 5.69 Å². The maximum atomic E-state index is 5.81. The number of hydrogen-bond acceptors (Lipinski definition) is 5. The van der Waals surface area contributed by atoms with Crippen LogP contribution in [-0.2, 0) is 15.9 Å². The lowest BCUT2D eigenvalue weighted by Gasteiger charge is -2.21. The summed E-state index contributed by atoms with van der Waals surface area (Å²) < 4.78 is 16.8. The quantitative estimate of drug-likeness (QED) is 0.323. The first-order chi connectivity index (χ1) is 15.2. The molecule has 0 amide bonds. The van der Waals surface area contributed by atoms with E-state index in [1.807, 2.05) is 12.1 Å². The molecule has 0 spiro atoms. The number of aryl methyl sites for hydroxylation is 1. The highest BCUT2D eigenvalue weighted by Gasteiger charge is 2.13. The molecule has 7 heteroatoms. The molecule has 2 heterocycles. The zero-order valence-corrected chi connectivity index (χ0v) is 18.9. The van der Waals surface area contributed by atoms with E-state index in [-0.39, 0.29) is 0 Å². The zero-order valence-electron chi connectivity index (χ0n) is 18.9. The summed E-state index contributed by atoms with van der Waals surface area (Å²) in [4.78, 5) is 9.24. The van der Waals surface area contributed by atoms with Gasteiger partial charge in [-0.15, -0.1) is 0 Å². The first-order valence-corrected chi connectivity index (χ1v) is 11.4. The molecule has 0 bridgehead atoms.